The van der Waals surface area contributed by atoms with Crippen LogP contribution in [0.2, 0.25) is 5.02 Å². The molecule has 2 unspecified atom stereocenters. The lowest BCUT2D eigenvalue weighted by Gasteiger charge is -2.37. The van der Waals surface area contributed by atoms with Gasteiger partial charge in [-0.1, -0.05) is 17.7 Å². The third kappa shape index (κ3) is 4.06. The van der Waals surface area contributed by atoms with Crippen LogP contribution in [0.3, 0.4) is 0 Å². The zero-order valence-electron chi connectivity index (χ0n) is 12.3. The van der Waals surface area contributed by atoms with Crippen LogP contribution in [0.4, 0.5) is 5.69 Å². The smallest absolute Gasteiger partial charge is 0.169 e. The van der Waals surface area contributed by atoms with E-state index in [4.69, 9.17) is 17.3 Å². The third-order valence-electron chi connectivity index (χ3n) is 3.51. The second kappa shape index (κ2) is 6.77. The molecule has 7 heteroatoms. The second-order valence-electron chi connectivity index (χ2n) is 5.47. The van der Waals surface area contributed by atoms with Gasteiger partial charge in [0.25, 0.3) is 0 Å². The van der Waals surface area contributed by atoms with E-state index < -0.39 is 15.2 Å². The lowest BCUT2D eigenvalue weighted by atomic mass is 10.0. The first-order valence-electron chi connectivity index (χ1n) is 6.87. The number of thioether (sulfide) groups is 1. The molecule has 1 aromatic rings. The molecule has 1 aromatic carbocycles. The van der Waals surface area contributed by atoms with E-state index in [2.05, 4.69) is 0 Å². The Hall–Kier alpha value is -0.430. The van der Waals surface area contributed by atoms with Crippen molar-refractivity contribution in [2.75, 3.05) is 29.2 Å². The molecule has 0 spiro atoms. The Morgan fingerprint density at radius 1 is 1.52 bits per heavy atom. The van der Waals surface area contributed by atoms with E-state index in [0.717, 1.165) is 17.0 Å². The van der Waals surface area contributed by atoms with Crippen LogP contribution in [0, 0.1) is 0 Å². The molecule has 2 N–H and O–H groups in total. The summed E-state index contributed by atoms with van der Waals surface area (Å²) >= 11 is 7.99. The normalized spacial score (nSPS) is 21.3. The highest BCUT2D eigenvalue weighted by Gasteiger charge is 2.32. The summed E-state index contributed by atoms with van der Waals surface area (Å²) in [5, 5.41) is 0.150. The van der Waals surface area contributed by atoms with Crippen LogP contribution in [-0.4, -0.2) is 44.1 Å². The van der Waals surface area contributed by atoms with Crippen LogP contribution < -0.4 is 10.6 Å². The third-order valence-corrected chi connectivity index (χ3v) is 6.51. The van der Waals surface area contributed by atoms with Crippen LogP contribution in [0.15, 0.2) is 18.2 Å². The van der Waals surface area contributed by atoms with Crippen molar-refractivity contribution >= 4 is 38.9 Å². The summed E-state index contributed by atoms with van der Waals surface area (Å²) in [6.07, 6.45) is 1.93. The fraction of sp³-hybridized carbons (Fsp3) is 0.571. The second-order valence-corrected chi connectivity index (χ2v) is 9.23. The predicted molar refractivity (Wildman–Crippen MR) is 92.1 cm³/mol. The number of hydrogen-bond donors (Lipinski definition) is 1. The average molecular weight is 349 g/mol. The van der Waals surface area contributed by atoms with E-state index in [1.807, 2.05) is 30.0 Å². The Morgan fingerprint density at radius 3 is 2.86 bits per heavy atom. The molecule has 1 aliphatic heterocycles. The van der Waals surface area contributed by atoms with Crippen molar-refractivity contribution in [3.63, 3.8) is 0 Å². The summed E-state index contributed by atoms with van der Waals surface area (Å²) in [6, 6.07) is 5.61. The van der Waals surface area contributed by atoms with E-state index in [0.29, 0.717) is 23.7 Å². The van der Waals surface area contributed by atoms with Crippen molar-refractivity contribution in [3.8, 4) is 0 Å². The van der Waals surface area contributed by atoms with Gasteiger partial charge in [0.2, 0.25) is 0 Å². The molecule has 0 aliphatic carbocycles. The Morgan fingerprint density at radius 2 is 2.24 bits per heavy atom. The molecule has 0 saturated carbocycles. The van der Waals surface area contributed by atoms with Crippen molar-refractivity contribution < 1.29 is 8.42 Å². The molecule has 2 rings (SSSR count). The molecule has 1 heterocycles. The van der Waals surface area contributed by atoms with E-state index in [1.165, 1.54) is 6.26 Å². The zero-order chi connectivity index (χ0) is 15.6. The highest BCUT2D eigenvalue weighted by molar-refractivity contribution is 8.01. The Bertz CT molecular complexity index is 605. The van der Waals surface area contributed by atoms with Crippen molar-refractivity contribution in [1.29, 1.82) is 0 Å². The molecule has 1 saturated heterocycles. The number of hydrogen-bond acceptors (Lipinski definition) is 5. The van der Waals surface area contributed by atoms with Crippen molar-refractivity contribution in [2.45, 2.75) is 24.8 Å². The monoisotopic (exact) mass is 348 g/mol. The van der Waals surface area contributed by atoms with Crippen LogP contribution in [0.5, 0.6) is 0 Å². The molecule has 118 valence electrons. The summed E-state index contributed by atoms with van der Waals surface area (Å²) in [6.45, 7) is 2.63. The Balaban J connectivity index is 2.46. The molecular formula is C14H21ClN2O2S2. The molecule has 0 radical (unpaired) electrons. The van der Waals surface area contributed by atoms with Gasteiger partial charge in [-0.05, 0) is 31.0 Å². The Labute approximate surface area is 135 Å². The first-order chi connectivity index (χ1) is 9.80. The number of sulfone groups is 1. The number of nitrogens with zero attached hydrogens (tertiary/aromatic N) is 1. The minimum absolute atomic E-state index is 0.0282. The summed E-state index contributed by atoms with van der Waals surface area (Å²) in [5.74, 6) is 1.50. The van der Waals surface area contributed by atoms with Crippen molar-refractivity contribution in [2.24, 2.45) is 5.73 Å². The minimum atomic E-state index is -3.15. The van der Waals surface area contributed by atoms with E-state index in [9.17, 15) is 8.42 Å². The maximum Gasteiger partial charge on any atom is 0.169 e. The molecule has 4 nitrogen and oxygen atoms in total. The fourth-order valence-corrected chi connectivity index (χ4v) is 5.63. The minimum Gasteiger partial charge on any atom is -0.353 e. The van der Waals surface area contributed by atoms with E-state index >= 15 is 0 Å². The van der Waals surface area contributed by atoms with Gasteiger partial charge in [0, 0.05) is 41.1 Å². The zero-order valence-corrected chi connectivity index (χ0v) is 14.6. The summed E-state index contributed by atoms with van der Waals surface area (Å²) in [5.41, 5.74) is 7.75. The topological polar surface area (TPSA) is 63.4 Å². The first kappa shape index (κ1) is 16.9. The molecular weight excluding hydrogens is 328 g/mol. The maximum atomic E-state index is 12.1. The van der Waals surface area contributed by atoms with Crippen LogP contribution in [0.25, 0.3) is 0 Å². The largest absolute Gasteiger partial charge is 0.353 e. The van der Waals surface area contributed by atoms with Crippen LogP contribution in [0.1, 0.15) is 12.5 Å². The van der Waals surface area contributed by atoms with Gasteiger partial charge in [-0.15, -0.1) is 0 Å². The van der Waals surface area contributed by atoms with Crippen molar-refractivity contribution in [3.05, 3.63) is 28.8 Å². The fourth-order valence-electron chi connectivity index (χ4n) is 2.55. The van der Waals surface area contributed by atoms with Crippen LogP contribution in [-0.2, 0) is 16.3 Å². The van der Waals surface area contributed by atoms with Gasteiger partial charge in [0.05, 0.1) is 0 Å². The SMILES string of the molecule is CC(N)Cc1c(Cl)cccc1N1CCSCC1S(C)(=O)=O. The van der Waals surface area contributed by atoms with Gasteiger partial charge in [-0.25, -0.2) is 8.42 Å². The lowest BCUT2D eigenvalue weighted by Crippen LogP contribution is -2.47. The molecule has 0 bridgehead atoms. The van der Waals surface area contributed by atoms with Crippen molar-refractivity contribution in [1.82, 2.24) is 0 Å². The van der Waals surface area contributed by atoms with E-state index in [1.54, 1.807) is 11.8 Å². The first-order valence-corrected chi connectivity index (χ1v) is 10.4. The molecule has 1 aliphatic rings. The van der Waals surface area contributed by atoms with Gasteiger partial charge in [0.1, 0.15) is 5.37 Å². The number of nitrogens with two attached hydrogens (primary N) is 1. The van der Waals surface area contributed by atoms with Gasteiger partial charge in [-0.2, -0.15) is 11.8 Å². The molecule has 1 fully saturated rings. The predicted octanol–water partition coefficient (Wildman–Crippen LogP) is 2.15. The van der Waals surface area contributed by atoms with Crippen LogP contribution >= 0.6 is 23.4 Å². The van der Waals surface area contributed by atoms with Gasteiger partial charge in [-0.3, -0.25) is 0 Å². The maximum absolute atomic E-state index is 12.1. The average Bonchev–Trinajstić information content (AvgIpc) is 2.40. The number of anilines is 1. The number of halogens is 1. The standard InChI is InChI=1S/C14H21ClN2O2S2/c1-10(16)8-11-12(15)4-3-5-13(11)17-6-7-20-9-14(17)21(2,18)19/h3-5,10,14H,6-9,16H2,1-2H3. The number of benzene rings is 1. The lowest BCUT2D eigenvalue weighted by molar-refractivity contribution is 0.584. The highest BCUT2D eigenvalue weighted by Crippen LogP contribution is 2.33. The van der Waals surface area contributed by atoms with Gasteiger partial charge >= 0.3 is 0 Å². The molecule has 2 atom stereocenters. The quantitative estimate of drug-likeness (QED) is 0.903. The molecule has 21 heavy (non-hydrogen) atoms. The van der Waals surface area contributed by atoms with Gasteiger partial charge in [0.15, 0.2) is 9.84 Å². The highest BCUT2D eigenvalue weighted by atomic mass is 35.5. The van der Waals surface area contributed by atoms with Gasteiger partial charge < -0.3 is 10.6 Å². The number of rotatable bonds is 4. The van der Waals surface area contributed by atoms with E-state index in [-0.39, 0.29) is 6.04 Å². The summed E-state index contributed by atoms with van der Waals surface area (Å²) < 4.78 is 24.2. The Kier molecular flexibility index (Phi) is 5.46. The molecule has 0 aromatic heterocycles. The summed E-state index contributed by atoms with van der Waals surface area (Å²) in [7, 11) is -3.15. The summed E-state index contributed by atoms with van der Waals surface area (Å²) in [4.78, 5) is 1.97. The molecule has 0 amide bonds.